The molecule has 1 N–H and O–H groups in total. The van der Waals surface area contributed by atoms with Gasteiger partial charge in [-0.3, -0.25) is 4.90 Å². The third-order valence-corrected chi connectivity index (χ3v) is 4.71. The Morgan fingerprint density at radius 1 is 1.15 bits per heavy atom. The molecule has 0 saturated heterocycles. The van der Waals surface area contributed by atoms with E-state index in [-0.39, 0.29) is 0 Å². The Morgan fingerprint density at radius 2 is 1.80 bits per heavy atom. The van der Waals surface area contributed by atoms with E-state index in [1.807, 2.05) is 0 Å². The number of benzene rings is 1. The van der Waals surface area contributed by atoms with E-state index in [1.54, 1.807) is 0 Å². The third kappa shape index (κ3) is 4.07. The van der Waals surface area contributed by atoms with Crippen molar-refractivity contribution in [1.82, 2.24) is 10.2 Å². The minimum Gasteiger partial charge on any atom is -0.319 e. The van der Waals surface area contributed by atoms with Gasteiger partial charge in [0.1, 0.15) is 0 Å². The van der Waals surface area contributed by atoms with Crippen LogP contribution in [0.5, 0.6) is 0 Å². The van der Waals surface area contributed by atoms with Gasteiger partial charge in [-0.15, -0.1) is 0 Å². The number of hydrogen-bond donors (Lipinski definition) is 1. The highest BCUT2D eigenvalue weighted by Crippen LogP contribution is 2.38. The zero-order chi connectivity index (χ0) is 14.4. The summed E-state index contributed by atoms with van der Waals surface area (Å²) in [4.78, 5) is 2.65. The molecule has 112 valence electrons. The van der Waals surface area contributed by atoms with Crippen LogP contribution in [0.15, 0.2) is 30.3 Å². The topological polar surface area (TPSA) is 15.3 Å². The van der Waals surface area contributed by atoms with Crippen LogP contribution in [-0.2, 0) is 6.54 Å². The SMILES string of the molecule is CNCC1(CN(Cc2ccccc2)C(C)C)CCCC1. The average molecular weight is 274 g/mol. The van der Waals surface area contributed by atoms with Crippen molar-refractivity contribution in [2.75, 3.05) is 20.1 Å². The van der Waals surface area contributed by atoms with E-state index in [4.69, 9.17) is 0 Å². The fourth-order valence-corrected chi connectivity index (χ4v) is 3.56. The molecule has 0 bridgehead atoms. The summed E-state index contributed by atoms with van der Waals surface area (Å²) in [6, 6.07) is 11.5. The molecule has 1 fully saturated rings. The molecule has 0 heterocycles. The molecule has 0 aromatic heterocycles. The lowest BCUT2D eigenvalue weighted by atomic mass is 9.85. The van der Waals surface area contributed by atoms with Crippen LogP contribution in [0.1, 0.15) is 45.1 Å². The van der Waals surface area contributed by atoms with Crippen molar-refractivity contribution in [3.63, 3.8) is 0 Å². The number of rotatable bonds is 7. The zero-order valence-corrected chi connectivity index (χ0v) is 13.4. The lowest BCUT2D eigenvalue weighted by Gasteiger charge is -2.37. The summed E-state index contributed by atoms with van der Waals surface area (Å²) in [5.41, 5.74) is 1.92. The van der Waals surface area contributed by atoms with Crippen LogP contribution in [0.2, 0.25) is 0 Å². The van der Waals surface area contributed by atoms with Gasteiger partial charge in [-0.05, 0) is 44.7 Å². The summed E-state index contributed by atoms with van der Waals surface area (Å²) in [7, 11) is 2.09. The molecule has 0 aliphatic heterocycles. The van der Waals surface area contributed by atoms with E-state index in [2.05, 4.69) is 61.4 Å². The Bertz CT molecular complexity index is 380. The fraction of sp³-hybridized carbons (Fsp3) is 0.667. The van der Waals surface area contributed by atoms with Crippen LogP contribution in [0.4, 0.5) is 0 Å². The Kier molecular flexibility index (Phi) is 5.62. The van der Waals surface area contributed by atoms with E-state index in [9.17, 15) is 0 Å². The molecule has 1 aromatic rings. The first-order valence-electron chi connectivity index (χ1n) is 8.08. The second-order valence-electron chi connectivity index (χ2n) is 6.72. The molecular weight excluding hydrogens is 244 g/mol. The lowest BCUT2D eigenvalue weighted by Crippen LogP contribution is -2.44. The molecule has 1 aliphatic carbocycles. The standard InChI is InChI=1S/C18H30N2/c1-16(2)20(13-17-9-5-4-6-10-17)15-18(14-19-3)11-7-8-12-18/h4-6,9-10,16,19H,7-8,11-15H2,1-3H3. The van der Waals surface area contributed by atoms with Crippen molar-refractivity contribution in [2.45, 2.75) is 52.1 Å². The molecule has 0 spiro atoms. The summed E-state index contributed by atoms with van der Waals surface area (Å²) in [6.07, 6.45) is 5.57. The molecular formula is C18H30N2. The van der Waals surface area contributed by atoms with E-state index >= 15 is 0 Å². The molecule has 2 rings (SSSR count). The van der Waals surface area contributed by atoms with E-state index in [0.29, 0.717) is 11.5 Å². The number of nitrogens with zero attached hydrogens (tertiary/aromatic N) is 1. The maximum Gasteiger partial charge on any atom is 0.0236 e. The maximum atomic E-state index is 3.43. The number of nitrogens with one attached hydrogen (secondary N) is 1. The summed E-state index contributed by atoms with van der Waals surface area (Å²) in [6.45, 7) is 8.10. The van der Waals surface area contributed by atoms with Gasteiger partial charge in [-0.1, -0.05) is 43.2 Å². The highest BCUT2D eigenvalue weighted by atomic mass is 15.2. The molecule has 2 nitrogen and oxygen atoms in total. The second-order valence-corrected chi connectivity index (χ2v) is 6.72. The first-order valence-corrected chi connectivity index (χ1v) is 8.08. The molecule has 20 heavy (non-hydrogen) atoms. The lowest BCUT2D eigenvalue weighted by molar-refractivity contribution is 0.116. The number of hydrogen-bond acceptors (Lipinski definition) is 2. The highest BCUT2D eigenvalue weighted by Gasteiger charge is 2.35. The van der Waals surface area contributed by atoms with Gasteiger partial charge in [-0.2, -0.15) is 0 Å². The van der Waals surface area contributed by atoms with Crippen LogP contribution in [0.25, 0.3) is 0 Å². The summed E-state index contributed by atoms with van der Waals surface area (Å²) in [5.74, 6) is 0. The third-order valence-electron chi connectivity index (χ3n) is 4.71. The summed E-state index contributed by atoms with van der Waals surface area (Å²) >= 11 is 0. The maximum absolute atomic E-state index is 3.43. The first kappa shape index (κ1) is 15.5. The normalized spacial score (nSPS) is 18.1. The van der Waals surface area contributed by atoms with Crippen molar-refractivity contribution in [1.29, 1.82) is 0 Å². The van der Waals surface area contributed by atoms with Gasteiger partial charge >= 0.3 is 0 Å². The quantitative estimate of drug-likeness (QED) is 0.816. The van der Waals surface area contributed by atoms with Crippen molar-refractivity contribution in [3.8, 4) is 0 Å². The van der Waals surface area contributed by atoms with E-state index < -0.39 is 0 Å². The highest BCUT2D eigenvalue weighted by molar-refractivity contribution is 5.14. The Balaban J connectivity index is 2.04. The molecule has 0 atom stereocenters. The first-order chi connectivity index (χ1) is 9.65. The van der Waals surface area contributed by atoms with Gasteiger partial charge in [0.2, 0.25) is 0 Å². The summed E-state index contributed by atoms with van der Waals surface area (Å²) in [5, 5.41) is 3.43. The molecule has 1 saturated carbocycles. The minimum absolute atomic E-state index is 0.494. The fourth-order valence-electron chi connectivity index (χ4n) is 3.56. The predicted octanol–water partition coefficient (Wildman–Crippen LogP) is 3.68. The Hall–Kier alpha value is -0.860. The van der Waals surface area contributed by atoms with E-state index in [0.717, 1.165) is 13.1 Å². The van der Waals surface area contributed by atoms with Crippen molar-refractivity contribution < 1.29 is 0 Å². The van der Waals surface area contributed by atoms with Crippen molar-refractivity contribution in [2.24, 2.45) is 5.41 Å². The van der Waals surface area contributed by atoms with Crippen LogP contribution >= 0.6 is 0 Å². The Labute approximate surface area is 124 Å². The van der Waals surface area contributed by atoms with Crippen LogP contribution in [0.3, 0.4) is 0 Å². The van der Waals surface area contributed by atoms with Crippen LogP contribution in [-0.4, -0.2) is 31.1 Å². The molecule has 0 unspecified atom stereocenters. The zero-order valence-electron chi connectivity index (χ0n) is 13.4. The molecule has 1 aromatic carbocycles. The van der Waals surface area contributed by atoms with Crippen molar-refractivity contribution >= 4 is 0 Å². The van der Waals surface area contributed by atoms with Gasteiger partial charge in [0.15, 0.2) is 0 Å². The summed E-state index contributed by atoms with van der Waals surface area (Å²) < 4.78 is 0. The molecule has 2 heteroatoms. The van der Waals surface area contributed by atoms with Crippen LogP contribution in [0, 0.1) is 5.41 Å². The monoisotopic (exact) mass is 274 g/mol. The molecule has 0 amide bonds. The van der Waals surface area contributed by atoms with Gasteiger partial charge in [0.05, 0.1) is 0 Å². The minimum atomic E-state index is 0.494. The van der Waals surface area contributed by atoms with Gasteiger partial charge in [0.25, 0.3) is 0 Å². The smallest absolute Gasteiger partial charge is 0.0236 e. The second kappa shape index (κ2) is 7.24. The van der Waals surface area contributed by atoms with E-state index in [1.165, 1.54) is 37.8 Å². The van der Waals surface area contributed by atoms with Gasteiger partial charge in [0, 0.05) is 25.7 Å². The molecule has 0 radical (unpaired) electrons. The van der Waals surface area contributed by atoms with Gasteiger partial charge in [-0.25, -0.2) is 0 Å². The van der Waals surface area contributed by atoms with Gasteiger partial charge < -0.3 is 5.32 Å². The van der Waals surface area contributed by atoms with Crippen LogP contribution < -0.4 is 5.32 Å². The van der Waals surface area contributed by atoms with Crippen molar-refractivity contribution in [3.05, 3.63) is 35.9 Å². The average Bonchev–Trinajstić information content (AvgIpc) is 2.88. The molecule has 1 aliphatic rings. The largest absolute Gasteiger partial charge is 0.319 e. The Morgan fingerprint density at radius 3 is 2.35 bits per heavy atom. The predicted molar refractivity (Wildman–Crippen MR) is 86.8 cm³/mol.